The summed E-state index contributed by atoms with van der Waals surface area (Å²) in [5.41, 5.74) is 2.06. The number of aromatic nitrogens is 3. The van der Waals surface area contributed by atoms with Crippen LogP contribution in [0.4, 0.5) is 15.0 Å². The average Bonchev–Trinajstić information content (AvgIpc) is 3.34. The van der Waals surface area contributed by atoms with E-state index >= 15 is 0 Å². The van der Waals surface area contributed by atoms with Gasteiger partial charge < -0.3 is 9.15 Å². The lowest BCUT2D eigenvalue weighted by molar-refractivity contribution is 0.0579. The summed E-state index contributed by atoms with van der Waals surface area (Å²) in [6.45, 7) is 5.94. The Morgan fingerprint density at radius 1 is 0.946 bits per heavy atom. The van der Waals surface area contributed by atoms with Crippen molar-refractivity contribution in [2.75, 3.05) is 11.4 Å². The van der Waals surface area contributed by atoms with Crippen molar-refractivity contribution in [3.8, 4) is 11.5 Å². The van der Waals surface area contributed by atoms with Gasteiger partial charge in [-0.15, -0.1) is 10.2 Å². The Hall–Kier alpha value is -4.07. The molecule has 0 N–H and O–H groups in total. The number of ether oxygens (including phenoxy) is 1. The zero-order chi connectivity index (χ0) is 26.3. The van der Waals surface area contributed by atoms with E-state index in [4.69, 9.17) is 9.15 Å². The van der Waals surface area contributed by atoms with Crippen molar-refractivity contribution in [2.24, 2.45) is 0 Å². The second-order valence-electron chi connectivity index (χ2n) is 9.75. The van der Waals surface area contributed by atoms with Crippen molar-refractivity contribution < 1.29 is 18.3 Å². The number of rotatable bonds is 9. The highest BCUT2D eigenvalue weighted by Gasteiger charge is 2.25. The third kappa shape index (κ3) is 7.70. The van der Waals surface area contributed by atoms with E-state index in [1.54, 1.807) is 29.3 Å². The molecule has 37 heavy (non-hydrogen) atoms. The van der Waals surface area contributed by atoms with E-state index < -0.39 is 11.7 Å². The number of carbonyl (C=O) groups excluding carboxylic acids is 1. The second-order valence-corrected chi connectivity index (χ2v) is 9.75. The molecule has 8 heteroatoms. The molecule has 4 aromatic rings. The first kappa shape index (κ1) is 26.0. The van der Waals surface area contributed by atoms with Gasteiger partial charge in [0, 0.05) is 24.7 Å². The van der Waals surface area contributed by atoms with Crippen LogP contribution in [-0.2, 0) is 24.0 Å². The first-order chi connectivity index (χ1) is 17.8. The Morgan fingerprint density at radius 2 is 1.73 bits per heavy atom. The van der Waals surface area contributed by atoms with Crippen LogP contribution in [0.3, 0.4) is 0 Å². The molecule has 0 unspecified atom stereocenters. The van der Waals surface area contributed by atoms with E-state index in [1.165, 1.54) is 17.7 Å². The lowest BCUT2D eigenvalue weighted by Gasteiger charge is -2.27. The Balaban J connectivity index is 1.48. The van der Waals surface area contributed by atoms with Crippen LogP contribution < -0.4 is 4.90 Å². The minimum absolute atomic E-state index is 0.272. The molecule has 0 aliphatic carbocycles. The second kappa shape index (κ2) is 11.8. The quantitative estimate of drug-likeness (QED) is 0.262. The molecule has 0 atom stereocenters. The fourth-order valence-electron chi connectivity index (χ4n) is 3.82. The summed E-state index contributed by atoms with van der Waals surface area (Å²) >= 11 is 0. The third-order valence-electron chi connectivity index (χ3n) is 5.56. The zero-order valence-corrected chi connectivity index (χ0v) is 21.4. The molecule has 4 rings (SSSR count). The molecular formula is C29H31FN4O3. The summed E-state index contributed by atoms with van der Waals surface area (Å²) in [6, 6.07) is 20.1. The molecule has 0 fully saturated rings. The van der Waals surface area contributed by atoms with E-state index in [9.17, 15) is 9.18 Å². The van der Waals surface area contributed by atoms with Crippen molar-refractivity contribution in [1.82, 2.24) is 15.2 Å². The molecule has 0 saturated heterocycles. The van der Waals surface area contributed by atoms with Gasteiger partial charge in [-0.3, -0.25) is 4.90 Å². The topological polar surface area (TPSA) is 81.4 Å². The molecule has 0 aliphatic heterocycles. The number of benzene rings is 2. The predicted molar refractivity (Wildman–Crippen MR) is 140 cm³/mol. The lowest BCUT2D eigenvalue weighted by Crippen LogP contribution is -2.38. The molecule has 2 aromatic heterocycles. The van der Waals surface area contributed by atoms with Crippen LogP contribution in [0.2, 0.25) is 0 Å². The minimum atomic E-state index is -0.643. The predicted octanol–water partition coefficient (Wildman–Crippen LogP) is 6.43. The van der Waals surface area contributed by atoms with Gasteiger partial charge >= 0.3 is 6.09 Å². The van der Waals surface area contributed by atoms with Crippen molar-refractivity contribution in [3.05, 3.63) is 95.8 Å². The van der Waals surface area contributed by atoms with Crippen LogP contribution in [0.25, 0.3) is 11.5 Å². The van der Waals surface area contributed by atoms with Crippen LogP contribution in [0.1, 0.15) is 44.2 Å². The molecule has 0 saturated carbocycles. The fourth-order valence-corrected chi connectivity index (χ4v) is 3.82. The van der Waals surface area contributed by atoms with Gasteiger partial charge in [-0.05, 0) is 75.4 Å². The smallest absolute Gasteiger partial charge is 0.416 e. The fraction of sp³-hybridized carbons (Fsp3) is 0.310. The van der Waals surface area contributed by atoms with Crippen LogP contribution in [-0.4, -0.2) is 33.4 Å². The van der Waals surface area contributed by atoms with E-state index in [0.717, 1.165) is 18.4 Å². The van der Waals surface area contributed by atoms with E-state index in [0.29, 0.717) is 42.5 Å². The van der Waals surface area contributed by atoms with Gasteiger partial charge in [0.1, 0.15) is 17.2 Å². The SMILES string of the molecule is CC(C)(C)OC(=O)N(CCCc1ccccc1)c1cc(-c2nnc(CCc3cccc(F)c3)o2)ccn1. The number of halogens is 1. The molecule has 2 heterocycles. The molecule has 0 bridgehead atoms. The summed E-state index contributed by atoms with van der Waals surface area (Å²) in [6.07, 6.45) is 3.76. The van der Waals surface area contributed by atoms with Crippen molar-refractivity contribution in [2.45, 2.75) is 52.1 Å². The first-order valence-electron chi connectivity index (χ1n) is 12.3. The van der Waals surface area contributed by atoms with E-state index in [2.05, 4.69) is 27.3 Å². The van der Waals surface area contributed by atoms with Crippen LogP contribution in [0.5, 0.6) is 0 Å². The van der Waals surface area contributed by atoms with Gasteiger partial charge in [-0.25, -0.2) is 14.2 Å². The Labute approximate surface area is 216 Å². The number of anilines is 1. The average molecular weight is 503 g/mol. The summed E-state index contributed by atoms with van der Waals surface area (Å²) in [4.78, 5) is 19.1. The summed E-state index contributed by atoms with van der Waals surface area (Å²) in [5, 5.41) is 8.30. The summed E-state index contributed by atoms with van der Waals surface area (Å²) in [7, 11) is 0. The molecule has 0 spiro atoms. The Bertz CT molecular complexity index is 1320. The molecule has 0 radical (unpaired) electrons. The standard InChI is InChI=1S/C29H31FN4O3/c1-29(2,3)37-28(35)34(18-8-12-21-9-5-4-6-10-21)25-20-23(16-17-31-25)27-33-32-26(36-27)15-14-22-11-7-13-24(30)19-22/h4-7,9-11,13,16-17,19-20H,8,12,14-15,18H2,1-3H3. The monoisotopic (exact) mass is 502 g/mol. The van der Waals surface area contributed by atoms with Crippen molar-refractivity contribution >= 4 is 11.9 Å². The zero-order valence-electron chi connectivity index (χ0n) is 21.4. The normalized spacial score (nSPS) is 11.4. The number of carbonyl (C=O) groups is 1. The maximum atomic E-state index is 13.4. The van der Waals surface area contributed by atoms with Crippen molar-refractivity contribution in [3.63, 3.8) is 0 Å². The third-order valence-corrected chi connectivity index (χ3v) is 5.56. The van der Waals surface area contributed by atoms with Crippen LogP contribution >= 0.6 is 0 Å². The van der Waals surface area contributed by atoms with Gasteiger partial charge in [0.05, 0.1) is 0 Å². The maximum absolute atomic E-state index is 13.4. The van der Waals surface area contributed by atoms with Gasteiger partial charge in [0.25, 0.3) is 0 Å². The molecule has 192 valence electrons. The highest BCUT2D eigenvalue weighted by Crippen LogP contribution is 2.24. The highest BCUT2D eigenvalue weighted by atomic mass is 19.1. The van der Waals surface area contributed by atoms with Gasteiger partial charge in [-0.2, -0.15) is 0 Å². The minimum Gasteiger partial charge on any atom is -0.443 e. The molecule has 7 nitrogen and oxygen atoms in total. The molecule has 1 amide bonds. The molecule has 2 aromatic carbocycles. The molecular weight excluding hydrogens is 471 g/mol. The van der Waals surface area contributed by atoms with Crippen molar-refractivity contribution in [1.29, 1.82) is 0 Å². The molecule has 0 aliphatic rings. The van der Waals surface area contributed by atoms with E-state index in [-0.39, 0.29) is 5.82 Å². The lowest BCUT2D eigenvalue weighted by atomic mass is 10.1. The number of hydrogen-bond acceptors (Lipinski definition) is 6. The van der Waals surface area contributed by atoms with Crippen LogP contribution in [0, 0.1) is 5.82 Å². The summed E-state index contributed by atoms with van der Waals surface area (Å²) in [5.74, 6) is 0.946. The van der Waals surface area contributed by atoms with Crippen LogP contribution in [0.15, 0.2) is 77.3 Å². The highest BCUT2D eigenvalue weighted by molar-refractivity contribution is 5.87. The first-order valence-corrected chi connectivity index (χ1v) is 12.3. The Morgan fingerprint density at radius 3 is 2.49 bits per heavy atom. The maximum Gasteiger partial charge on any atom is 0.416 e. The van der Waals surface area contributed by atoms with Gasteiger partial charge in [0.15, 0.2) is 0 Å². The number of amides is 1. The largest absolute Gasteiger partial charge is 0.443 e. The number of aryl methyl sites for hydroxylation is 3. The van der Waals surface area contributed by atoms with Gasteiger partial charge in [-0.1, -0.05) is 42.5 Å². The number of nitrogens with zero attached hydrogens (tertiary/aromatic N) is 4. The van der Waals surface area contributed by atoms with E-state index in [1.807, 2.05) is 45.0 Å². The number of hydrogen-bond donors (Lipinski definition) is 0. The Kier molecular flexibility index (Phi) is 8.28. The summed E-state index contributed by atoms with van der Waals surface area (Å²) < 4.78 is 25.0. The van der Waals surface area contributed by atoms with Gasteiger partial charge in [0.2, 0.25) is 11.8 Å². The number of pyridine rings is 1.